The van der Waals surface area contributed by atoms with Crippen LogP contribution in [0, 0.1) is 0 Å². The van der Waals surface area contributed by atoms with Gasteiger partial charge in [0.1, 0.15) is 6.61 Å². The van der Waals surface area contributed by atoms with Crippen LogP contribution in [-0.2, 0) is 4.74 Å². The van der Waals surface area contributed by atoms with Crippen LogP contribution in [0.5, 0.6) is 0 Å². The average molecular weight is 221 g/mol. The zero-order chi connectivity index (χ0) is 11.4. The van der Waals surface area contributed by atoms with Crippen molar-refractivity contribution in [2.75, 3.05) is 20.2 Å². The Kier molecular flexibility index (Phi) is 4.73. The van der Waals surface area contributed by atoms with Crippen LogP contribution in [0.15, 0.2) is 0 Å². The fourth-order valence-corrected chi connectivity index (χ4v) is 0.675. The first-order valence-electron chi connectivity index (χ1n) is 3.91. The molecule has 2 nitrogen and oxygen atoms in total. The molecule has 0 spiro atoms. The monoisotopic (exact) mass is 221 g/mol. The van der Waals surface area contributed by atoms with Crippen LogP contribution < -0.4 is 5.32 Å². The highest BCUT2D eigenvalue weighted by molar-refractivity contribution is 4.75. The van der Waals surface area contributed by atoms with E-state index in [0.717, 1.165) is 0 Å². The standard InChI is InChI=1S/C7H12F5NO/c1-5(3-13-2)14-4-6(8,9)7(10,11)12/h5,13H,3-4H2,1-2H3. The second-order valence-electron chi connectivity index (χ2n) is 2.88. The minimum atomic E-state index is -5.55. The van der Waals surface area contributed by atoms with Crippen LogP contribution in [-0.4, -0.2) is 38.4 Å². The third-order valence-corrected chi connectivity index (χ3v) is 1.46. The number of alkyl halides is 5. The van der Waals surface area contributed by atoms with Gasteiger partial charge in [-0.2, -0.15) is 22.0 Å². The molecular formula is C7H12F5NO. The number of hydrogen-bond acceptors (Lipinski definition) is 2. The summed E-state index contributed by atoms with van der Waals surface area (Å²) in [4.78, 5) is 0. The maximum Gasteiger partial charge on any atom is 0.455 e. The highest BCUT2D eigenvalue weighted by atomic mass is 19.4. The van der Waals surface area contributed by atoms with Gasteiger partial charge in [-0.15, -0.1) is 0 Å². The Morgan fingerprint density at radius 2 is 1.71 bits per heavy atom. The molecule has 0 aromatic heterocycles. The first-order chi connectivity index (χ1) is 6.20. The molecule has 0 saturated heterocycles. The molecule has 0 bridgehead atoms. The van der Waals surface area contributed by atoms with Gasteiger partial charge in [-0.25, -0.2) is 0 Å². The van der Waals surface area contributed by atoms with Gasteiger partial charge in [0.25, 0.3) is 0 Å². The van der Waals surface area contributed by atoms with E-state index in [4.69, 9.17) is 0 Å². The summed E-state index contributed by atoms with van der Waals surface area (Å²) in [5.41, 5.74) is 0. The minimum absolute atomic E-state index is 0.216. The van der Waals surface area contributed by atoms with E-state index < -0.39 is 24.8 Å². The van der Waals surface area contributed by atoms with Gasteiger partial charge in [0.05, 0.1) is 6.10 Å². The first kappa shape index (κ1) is 13.6. The predicted octanol–water partition coefficient (Wildman–Crippen LogP) is 1.81. The molecule has 0 aliphatic carbocycles. The lowest BCUT2D eigenvalue weighted by Gasteiger charge is -2.21. The van der Waals surface area contributed by atoms with Crippen LogP contribution in [0.2, 0.25) is 0 Å². The van der Waals surface area contributed by atoms with Crippen molar-refractivity contribution in [3.05, 3.63) is 0 Å². The van der Waals surface area contributed by atoms with Gasteiger partial charge in [-0.05, 0) is 14.0 Å². The molecule has 86 valence electrons. The molecule has 0 radical (unpaired) electrons. The van der Waals surface area contributed by atoms with E-state index in [2.05, 4.69) is 10.1 Å². The van der Waals surface area contributed by atoms with Gasteiger partial charge < -0.3 is 10.1 Å². The molecule has 0 fully saturated rings. The van der Waals surface area contributed by atoms with Crippen LogP contribution in [0.3, 0.4) is 0 Å². The Bertz CT molecular complexity index is 170. The highest BCUT2D eigenvalue weighted by Crippen LogP contribution is 2.35. The molecule has 0 aromatic carbocycles. The molecule has 1 unspecified atom stereocenters. The summed E-state index contributed by atoms with van der Waals surface area (Å²) in [5, 5.41) is 2.59. The third-order valence-electron chi connectivity index (χ3n) is 1.46. The molecule has 0 heterocycles. The van der Waals surface area contributed by atoms with Crippen molar-refractivity contribution in [3.8, 4) is 0 Å². The Morgan fingerprint density at radius 1 is 1.21 bits per heavy atom. The number of halogens is 5. The normalized spacial score (nSPS) is 15.6. The number of ether oxygens (including phenoxy) is 1. The fraction of sp³-hybridized carbons (Fsp3) is 1.00. The summed E-state index contributed by atoms with van der Waals surface area (Å²) in [6.45, 7) is -0.0176. The molecule has 0 aromatic rings. The first-order valence-corrected chi connectivity index (χ1v) is 3.91. The van der Waals surface area contributed by atoms with Crippen molar-refractivity contribution >= 4 is 0 Å². The van der Waals surface area contributed by atoms with Crippen LogP contribution in [0.4, 0.5) is 22.0 Å². The summed E-state index contributed by atoms with van der Waals surface area (Å²) in [7, 11) is 1.54. The fourth-order valence-electron chi connectivity index (χ4n) is 0.675. The minimum Gasteiger partial charge on any atom is -0.371 e. The SMILES string of the molecule is CNCC(C)OCC(F)(F)C(F)(F)F. The van der Waals surface area contributed by atoms with Crippen LogP contribution in [0.1, 0.15) is 6.92 Å². The Balaban J connectivity index is 3.99. The van der Waals surface area contributed by atoms with E-state index in [1.165, 1.54) is 6.92 Å². The zero-order valence-corrected chi connectivity index (χ0v) is 7.79. The van der Waals surface area contributed by atoms with Gasteiger partial charge in [-0.3, -0.25) is 0 Å². The van der Waals surface area contributed by atoms with Crippen molar-refractivity contribution in [1.29, 1.82) is 0 Å². The molecule has 0 saturated carbocycles. The second-order valence-corrected chi connectivity index (χ2v) is 2.88. The van der Waals surface area contributed by atoms with Gasteiger partial charge in [0.15, 0.2) is 0 Å². The van der Waals surface area contributed by atoms with E-state index in [9.17, 15) is 22.0 Å². The van der Waals surface area contributed by atoms with Crippen molar-refractivity contribution in [2.24, 2.45) is 0 Å². The maximum atomic E-state index is 12.3. The van der Waals surface area contributed by atoms with Gasteiger partial charge in [0.2, 0.25) is 0 Å². The Morgan fingerprint density at radius 3 is 2.07 bits per heavy atom. The van der Waals surface area contributed by atoms with Crippen molar-refractivity contribution in [3.63, 3.8) is 0 Å². The van der Waals surface area contributed by atoms with Crippen molar-refractivity contribution in [2.45, 2.75) is 25.1 Å². The van der Waals surface area contributed by atoms with Crippen molar-refractivity contribution in [1.82, 2.24) is 5.32 Å². The number of nitrogens with one attached hydrogen (secondary N) is 1. The Hall–Kier alpha value is -0.430. The van der Waals surface area contributed by atoms with Crippen LogP contribution >= 0.6 is 0 Å². The predicted molar refractivity (Wildman–Crippen MR) is 40.3 cm³/mol. The number of rotatable bonds is 5. The van der Waals surface area contributed by atoms with Gasteiger partial charge in [0, 0.05) is 6.54 Å². The topological polar surface area (TPSA) is 21.3 Å². The molecule has 0 rings (SSSR count). The van der Waals surface area contributed by atoms with E-state index in [0.29, 0.717) is 0 Å². The molecular weight excluding hydrogens is 209 g/mol. The number of likely N-dealkylation sites (N-methyl/N-ethyl adjacent to an activating group) is 1. The van der Waals surface area contributed by atoms with Crippen molar-refractivity contribution < 1.29 is 26.7 Å². The summed E-state index contributed by atoms with van der Waals surface area (Å²) in [5.74, 6) is -4.78. The lowest BCUT2D eigenvalue weighted by molar-refractivity contribution is -0.299. The molecule has 1 N–H and O–H groups in total. The van der Waals surface area contributed by atoms with Gasteiger partial charge >= 0.3 is 12.1 Å². The van der Waals surface area contributed by atoms with E-state index in [1.54, 1.807) is 7.05 Å². The van der Waals surface area contributed by atoms with E-state index in [-0.39, 0.29) is 6.54 Å². The summed E-state index contributed by atoms with van der Waals surface area (Å²) < 4.78 is 63.7. The smallest absolute Gasteiger partial charge is 0.371 e. The van der Waals surface area contributed by atoms with Gasteiger partial charge in [-0.1, -0.05) is 0 Å². The lowest BCUT2D eigenvalue weighted by Crippen LogP contribution is -2.42. The zero-order valence-electron chi connectivity index (χ0n) is 7.79. The summed E-state index contributed by atoms with van der Waals surface area (Å²) in [6, 6.07) is 0. The molecule has 1 atom stereocenters. The lowest BCUT2D eigenvalue weighted by atomic mass is 10.3. The summed E-state index contributed by atoms with van der Waals surface area (Å²) in [6.07, 6.45) is -6.24. The highest BCUT2D eigenvalue weighted by Gasteiger charge is 2.57. The molecule has 0 amide bonds. The average Bonchev–Trinajstić information content (AvgIpc) is 1.99. The maximum absolute atomic E-state index is 12.3. The molecule has 0 aliphatic rings. The quantitative estimate of drug-likeness (QED) is 0.715. The summed E-state index contributed by atoms with van der Waals surface area (Å²) >= 11 is 0. The largest absolute Gasteiger partial charge is 0.455 e. The van der Waals surface area contributed by atoms with Crippen LogP contribution in [0.25, 0.3) is 0 Å². The van der Waals surface area contributed by atoms with E-state index in [1.807, 2.05) is 0 Å². The Labute approximate surface area is 78.4 Å². The second kappa shape index (κ2) is 4.88. The third kappa shape index (κ3) is 4.19. The molecule has 14 heavy (non-hydrogen) atoms. The number of hydrogen-bond donors (Lipinski definition) is 1. The molecule has 7 heteroatoms. The van der Waals surface area contributed by atoms with E-state index >= 15 is 0 Å². The molecule has 0 aliphatic heterocycles.